The third kappa shape index (κ3) is 2.40. The summed E-state index contributed by atoms with van der Waals surface area (Å²) in [4.78, 5) is 0. The molecule has 0 aliphatic carbocycles. The Balaban J connectivity index is 1.75. The number of rotatable bonds is 2. The maximum atomic E-state index is 4.13. The first-order valence-corrected chi connectivity index (χ1v) is 7.68. The fourth-order valence-corrected chi connectivity index (χ4v) is 2.95. The van der Waals surface area contributed by atoms with Gasteiger partial charge in [0.05, 0.1) is 5.52 Å². The molecular weight excluding hydrogens is 282 g/mol. The van der Waals surface area contributed by atoms with E-state index >= 15 is 0 Å². The lowest BCUT2D eigenvalue weighted by Crippen LogP contribution is -1.89. The summed E-state index contributed by atoms with van der Waals surface area (Å²) in [5.41, 5.74) is 8.17. The van der Waals surface area contributed by atoms with E-state index in [9.17, 15) is 0 Å². The molecule has 0 bridgehead atoms. The highest BCUT2D eigenvalue weighted by atomic mass is 15.4. The SMILES string of the molecule is Cc1ccccc1-c1ccc(-c2ccc3nnn(C)c3c2)cc1. The maximum absolute atomic E-state index is 4.13. The average molecular weight is 299 g/mol. The molecule has 0 unspecified atom stereocenters. The molecule has 112 valence electrons. The van der Waals surface area contributed by atoms with Crippen molar-refractivity contribution in [3.05, 3.63) is 72.3 Å². The first-order chi connectivity index (χ1) is 11.2. The molecule has 0 fully saturated rings. The first-order valence-electron chi connectivity index (χ1n) is 7.68. The van der Waals surface area contributed by atoms with Gasteiger partial charge in [-0.05, 0) is 46.9 Å². The predicted octanol–water partition coefficient (Wildman–Crippen LogP) is 4.61. The van der Waals surface area contributed by atoms with Crippen LogP contribution in [0.2, 0.25) is 0 Å². The highest BCUT2D eigenvalue weighted by molar-refractivity contribution is 5.82. The van der Waals surface area contributed by atoms with Crippen LogP contribution >= 0.6 is 0 Å². The minimum atomic E-state index is 0.924. The third-order valence-electron chi connectivity index (χ3n) is 4.28. The molecule has 23 heavy (non-hydrogen) atoms. The molecule has 0 N–H and O–H groups in total. The van der Waals surface area contributed by atoms with Gasteiger partial charge in [0.25, 0.3) is 0 Å². The fraction of sp³-hybridized carbons (Fsp3) is 0.100. The zero-order valence-corrected chi connectivity index (χ0v) is 13.2. The van der Waals surface area contributed by atoms with Gasteiger partial charge in [0.1, 0.15) is 5.52 Å². The van der Waals surface area contributed by atoms with Crippen LogP contribution in [0.3, 0.4) is 0 Å². The molecule has 0 saturated carbocycles. The van der Waals surface area contributed by atoms with Crippen LogP contribution in [0.4, 0.5) is 0 Å². The zero-order valence-electron chi connectivity index (χ0n) is 13.2. The molecular formula is C20H17N3. The molecule has 3 nitrogen and oxygen atoms in total. The summed E-state index contributed by atoms with van der Waals surface area (Å²) < 4.78 is 1.81. The molecule has 0 spiro atoms. The Bertz CT molecular complexity index is 981. The van der Waals surface area contributed by atoms with E-state index in [1.807, 2.05) is 13.1 Å². The van der Waals surface area contributed by atoms with Crippen molar-refractivity contribution in [3.63, 3.8) is 0 Å². The van der Waals surface area contributed by atoms with Crippen molar-refractivity contribution in [2.45, 2.75) is 6.92 Å². The third-order valence-corrected chi connectivity index (χ3v) is 4.28. The van der Waals surface area contributed by atoms with Gasteiger partial charge in [-0.2, -0.15) is 0 Å². The fourth-order valence-electron chi connectivity index (χ4n) is 2.95. The molecule has 0 radical (unpaired) electrons. The summed E-state index contributed by atoms with van der Waals surface area (Å²) >= 11 is 0. The van der Waals surface area contributed by atoms with Crippen LogP contribution in [-0.4, -0.2) is 15.0 Å². The van der Waals surface area contributed by atoms with Crippen LogP contribution < -0.4 is 0 Å². The molecule has 0 aliphatic rings. The van der Waals surface area contributed by atoms with E-state index in [1.165, 1.54) is 27.8 Å². The van der Waals surface area contributed by atoms with E-state index in [2.05, 4.69) is 77.9 Å². The van der Waals surface area contributed by atoms with Crippen molar-refractivity contribution in [1.82, 2.24) is 15.0 Å². The van der Waals surface area contributed by atoms with Crippen molar-refractivity contribution in [2.24, 2.45) is 7.05 Å². The van der Waals surface area contributed by atoms with Crippen LogP contribution in [0, 0.1) is 6.92 Å². The number of nitrogens with zero attached hydrogens (tertiary/aromatic N) is 3. The van der Waals surface area contributed by atoms with Gasteiger partial charge in [-0.1, -0.05) is 59.8 Å². The van der Waals surface area contributed by atoms with Crippen molar-refractivity contribution in [3.8, 4) is 22.3 Å². The molecule has 3 heteroatoms. The van der Waals surface area contributed by atoms with Crippen LogP contribution in [0.5, 0.6) is 0 Å². The molecule has 0 atom stereocenters. The normalized spacial score (nSPS) is 11.0. The van der Waals surface area contributed by atoms with E-state index in [-0.39, 0.29) is 0 Å². The Morgan fingerprint density at radius 3 is 2.26 bits per heavy atom. The van der Waals surface area contributed by atoms with E-state index < -0.39 is 0 Å². The Labute approximate surface area is 135 Å². The van der Waals surface area contributed by atoms with Crippen molar-refractivity contribution in [2.75, 3.05) is 0 Å². The Kier molecular flexibility index (Phi) is 3.19. The Morgan fingerprint density at radius 1 is 0.783 bits per heavy atom. The minimum absolute atomic E-state index is 0.924. The smallest absolute Gasteiger partial charge is 0.113 e. The van der Waals surface area contributed by atoms with E-state index in [4.69, 9.17) is 0 Å². The maximum Gasteiger partial charge on any atom is 0.113 e. The second kappa shape index (κ2) is 5.36. The molecule has 4 aromatic rings. The molecule has 3 aromatic carbocycles. The number of hydrogen-bond acceptors (Lipinski definition) is 2. The predicted molar refractivity (Wildman–Crippen MR) is 94.1 cm³/mol. The minimum Gasteiger partial charge on any atom is -0.248 e. The van der Waals surface area contributed by atoms with E-state index in [0.717, 1.165) is 11.0 Å². The van der Waals surface area contributed by atoms with Crippen LogP contribution in [0.15, 0.2) is 66.7 Å². The van der Waals surface area contributed by atoms with Crippen LogP contribution in [-0.2, 0) is 7.05 Å². The monoisotopic (exact) mass is 299 g/mol. The quantitative estimate of drug-likeness (QED) is 0.541. The lowest BCUT2D eigenvalue weighted by molar-refractivity contribution is 0.736. The van der Waals surface area contributed by atoms with Crippen molar-refractivity contribution in [1.29, 1.82) is 0 Å². The highest BCUT2D eigenvalue weighted by Crippen LogP contribution is 2.28. The van der Waals surface area contributed by atoms with Gasteiger partial charge in [-0.15, -0.1) is 5.10 Å². The standard InChI is InChI=1S/C20H17N3/c1-14-5-3-4-6-18(14)16-9-7-15(8-10-16)17-11-12-19-20(13-17)23(2)22-21-19/h3-13H,1-2H3. The molecule has 4 rings (SSSR count). The molecule has 1 heterocycles. The molecule has 1 aromatic heterocycles. The summed E-state index contributed by atoms with van der Waals surface area (Å²) in [6.45, 7) is 2.15. The lowest BCUT2D eigenvalue weighted by atomic mass is 9.97. The first kappa shape index (κ1) is 13.7. The highest BCUT2D eigenvalue weighted by Gasteiger charge is 2.06. The van der Waals surface area contributed by atoms with Gasteiger partial charge >= 0.3 is 0 Å². The van der Waals surface area contributed by atoms with Crippen molar-refractivity contribution >= 4 is 11.0 Å². The van der Waals surface area contributed by atoms with Gasteiger partial charge in [0.15, 0.2) is 0 Å². The van der Waals surface area contributed by atoms with Crippen LogP contribution in [0.1, 0.15) is 5.56 Å². The number of aryl methyl sites for hydroxylation is 2. The average Bonchev–Trinajstić information content (AvgIpc) is 2.96. The Hall–Kier alpha value is -2.94. The van der Waals surface area contributed by atoms with Crippen molar-refractivity contribution < 1.29 is 0 Å². The van der Waals surface area contributed by atoms with Gasteiger partial charge in [-0.25, -0.2) is 4.68 Å². The largest absolute Gasteiger partial charge is 0.248 e. The van der Waals surface area contributed by atoms with Crippen LogP contribution in [0.25, 0.3) is 33.3 Å². The van der Waals surface area contributed by atoms with Gasteiger partial charge in [0, 0.05) is 7.05 Å². The van der Waals surface area contributed by atoms with E-state index in [1.54, 1.807) is 4.68 Å². The second-order valence-electron chi connectivity index (χ2n) is 5.81. The summed E-state index contributed by atoms with van der Waals surface area (Å²) in [5, 5.41) is 8.19. The van der Waals surface area contributed by atoms with Gasteiger partial charge < -0.3 is 0 Å². The zero-order chi connectivity index (χ0) is 15.8. The summed E-state index contributed by atoms with van der Waals surface area (Å²) in [5.74, 6) is 0. The second-order valence-corrected chi connectivity index (χ2v) is 5.81. The van der Waals surface area contributed by atoms with Gasteiger partial charge in [-0.3, -0.25) is 0 Å². The summed E-state index contributed by atoms with van der Waals surface area (Å²) in [6, 6.07) is 23.4. The van der Waals surface area contributed by atoms with E-state index in [0.29, 0.717) is 0 Å². The summed E-state index contributed by atoms with van der Waals surface area (Å²) in [7, 11) is 1.92. The number of hydrogen-bond donors (Lipinski definition) is 0. The van der Waals surface area contributed by atoms with Gasteiger partial charge in [0.2, 0.25) is 0 Å². The number of benzene rings is 3. The summed E-state index contributed by atoms with van der Waals surface area (Å²) in [6.07, 6.45) is 0. The molecule has 0 aliphatic heterocycles. The number of aromatic nitrogens is 3. The molecule has 0 amide bonds. The Morgan fingerprint density at radius 2 is 1.48 bits per heavy atom. The number of fused-ring (bicyclic) bond motifs is 1. The topological polar surface area (TPSA) is 30.7 Å². The lowest BCUT2D eigenvalue weighted by Gasteiger charge is -2.08. The molecule has 0 saturated heterocycles.